The van der Waals surface area contributed by atoms with Crippen LogP contribution in [0.4, 0.5) is 10.5 Å². The van der Waals surface area contributed by atoms with Crippen molar-refractivity contribution in [2.24, 2.45) is 10.9 Å². The number of benzene rings is 1. The van der Waals surface area contributed by atoms with E-state index in [1.54, 1.807) is 19.1 Å². The van der Waals surface area contributed by atoms with Gasteiger partial charge in [0.15, 0.2) is 5.92 Å². The van der Waals surface area contributed by atoms with Gasteiger partial charge in [-0.25, -0.2) is 9.69 Å². The van der Waals surface area contributed by atoms with Crippen LogP contribution >= 0.6 is 0 Å². The Morgan fingerprint density at radius 1 is 1.19 bits per heavy atom. The van der Waals surface area contributed by atoms with Crippen LogP contribution < -0.4 is 15.1 Å². The number of aryl methyl sites for hydroxylation is 1. The Morgan fingerprint density at radius 3 is 2.59 bits per heavy atom. The van der Waals surface area contributed by atoms with Crippen LogP contribution in [0.2, 0.25) is 0 Å². The maximum Gasteiger partial charge on any atom is 0.335 e. The number of anilines is 1. The number of imide groups is 2. The highest BCUT2D eigenvalue weighted by Crippen LogP contribution is 2.24. The first kappa shape index (κ1) is 19.2. The first-order chi connectivity index (χ1) is 13.0. The Bertz CT molecular complexity index is 768. The van der Waals surface area contributed by atoms with Gasteiger partial charge in [0.2, 0.25) is 5.91 Å². The van der Waals surface area contributed by atoms with E-state index in [0.29, 0.717) is 17.9 Å². The first-order valence-electron chi connectivity index (χ1n) is 9.58. The van der Waals surface area contributed by atoms with Gasteiger partial charge in [0.05, 0.1) is 31.9 Å². The van der Waals surface area contributed by atoms with E-state index in [-0.39, 0.29) is 0 Å². The average molecular weight is 371 g/mol. The van der Waals surface area contributed by atoms with Crippen LogP contribution in [-0.2, 0) is 9.59 Å². The number of likely N-dealkylation sites (tertiary alicyclic amines) is 1. The van der Waals surface area contributed by atoms with E-state index in [4.69, 9.17) is 0 Å². The molecule has 27 heavy (non-hydrogen) atoms. The molecule has 0 saturated carbocycles. The molecule has 0 bridgehead atoms. The second kappa shape index (κ2) is 8.43. The molecule has 0 aliphatic carbocycles. The SMILES string of the molecule is CC(=NCC[NH+]1CCCCC1)[C@H]1C(=O)NC(=O)N(c2ccccc2C)C1=O. The molecule has 0 spiro atoms. The highest BCUT2D eigenvalue weighted by Gasteiger charge is 2.43. The number of quaternary nitrogens is 1. The van der Waals surface area contributed by atoms with Crippen LogP contribution in [0, 0.1) is 12.8 Å². The van der Waals surface area contributed by atoms with Gasteiger partial charge in [-0.05, 0) is 44.7 Å². The van der Waals surface area contributed by atoms with Gasteiger partial charge in [-0.2, -0.15) is 0 Å². The largest absolute Gasteiger partial charge is 0.335 e. The Morgan fingerprint density at radius 2 is 1.89 bits per heavy atom. The zero-order valence-corrected chi connectivity index (χ0v) is 16.0. The summed E-state index contributed by atoms with van der Waals surface area (Å²) in [5, 5.41) is 2.30. The number of amides is 4. The minimum atomic E-state index is -1.06. The molecular weight excluding hydrogens is 344 g/mol. The van der Waals surface area contributed by atoms with E-state index in [9.17, 15) is 14.4 Å². The molecule has 1 aromatic rings. The number of hydrogen-bond acceptors (Lipinski definition) is 4. The van der Waals surface area contributed by atoms with Crippen molar-refractivity contribution in [3.05, 3.63) is 29.8 Å². The molecule has 2 aliphatic heterocycles. The second-order valence-electron chi connectivity index (χ2n) is 7.27. The van der Waals surface area contributed by atoms with Crippen molar-refractivity contribution in [1.29, 1.82) is 0 Å². The number of nitrogens with one attached hydrogen (secondary N) is 2. The van der Waals surface area contributed by atoms with E-state index < -0.39 is 23.8 Å². The number of barbiturate groups is 1. The van der Waals surface area contributed by atoms with Crippen LogP contribution in [0.15, 0.2) is 29.3 Å². The van der Waals surface area contributed by atoms with Gasteiger partial charge < -0.3 is 4.90 Å². The van der Waals surface area contributed by atoms with Crippen LogP contribution in [0.1, 0.15) is 31.7 Å². The van der Waals surface area contributed by atoms with Crippen LogP contribution in [-0.4, -0.2) is 49.7 Å². The lowest BCUT2D eigenvalue weighted by atomic mass is 9.98. The normalized spacial score (nSPS) is 22.1. The summed E-state index contributed by atoms with van der Waals surface area (Å²) in [7, 11) is 0. The third-order valence-corrected chi connectivity index (χ3v) is 5.32. The molecule has 2 heterocycles. The van der Waals surface area contributed by atoms with Gasteiger partial charge in [-0.3, -0.25) is 19.9 Å². The van der Waals surface area contributed by atoms with Crippen LogP contribution in [0.25, 0.3) is 0 Å². The summed E-state index contributed by atoms with van der Waals surface area (Å²) in [6, 6.07) is 6.41. The van der Waals surface area contributed by atoms with E-state index in [2.05, 4.69) is 10.3 Å². The summed E-state index contributed by atoms with van der Waals surface area (Å²) in [6.45, 7) is 7.32. The van der Waals surface area contributed by atoms with E-state index in [1.165, 1.54) is 24.2 Å². The lowest BCUT2D eigenvalue weighted by molar-refractivity contribution is -0.903. The molecule has 2 aliphatic rings. The molecule has 0 unspecified atom stereocenters. The van der Waals surface area contributed by atoms with Gasteiger partial charge in [-0.1, -0.05) is 18.2 Å². The summed E-state index contributed by atoms with van der Waals surface area (Å²) in [4.78, 5) is 44.6. The van der Waals surface area contributed by atoms with E-state index in [1.807, 2.05) is 19.1 Å². The summed E-state index contributed by atoms with van der Waals surface area (Å²) < 4.78 is 0. The zero-order chi connectivity index (χ0) is 19.4. The number of carbonyl (C=O) groups is 3. The number of hydrogen-bond donors (Lipinski definition) is 2. The maximum atomic E-state index is 13.0. The molecule has 4 amide bonds. The quantitative estimate of drug-likeness (QED) is 0.591. The molecule has 2 saturated heterocycles. The Kier molecular flexibility index (Phi) is 6.01. The Balaban J connectivity index is 1.74. The third-order valence-electron chi connectivity index (χ3n) is 5.32. The first-order valence-corrected chi connectivity index (χ1v) is 9.58. The molecule has 7 heteroatoms. The minimum absolute atomic E-state index is 0.458. The van der Waals surface area contributed by atoms with Crippen molar-refractivity contribution in [1.82, 2.24) is 5.32 Å². The molecule has 3 rings (SSSR count). The summed E-state index contributed by atoms with van der Waals surface area (Å²) in [6.07, 6.45) is 3.79. The molecule has 2 fully saturated rings. The number of aliphatic imine (C=N–C) groups is 1. The van der Waals surface area contributed by atoms with Crippen molar-refractivity contribution in [3.8, 4) is 0 Å². The Hall–Kier alpha value is -2.54. The van der Waals surface area contributed by atoms with Gasteiger partial charge >= 0.3 is 6.03 Å². The van der Waals surface area contributed by atoms with E-state index >= 15 is 0 Å². The number of carbonyl (C=O) groups excluding carboxylic acids is 3. The topological polar surface area (TPSA) is 83.3 Å². The van der Waals surface area contributed by atoms with Gasteiger partial charge in [0.1, 0.15) is 0 Å². The molecule has 0 aromatic heterocycles. The molecular formula is C20H27N4O3+. The van der Waals surface area contributed by atoms with Crippen LogP contribution in [0.3, 0.4) is 0 Å². The Labute approximate surface area is 159 Å². The fourth-order valence-corrected chi connectivity index (χ4v) is 3.77. The summed E-state index contributed by atoms with van der Waals surface area (Å²) in [5.41, 5.74) is 1.74. The van der Waals surface area contributed by atoms with Crippen molar-refractivity contribution >= 4 is 29.2 Å². The molecule has 2 N–H and O–H groups in total. The number of nitrogens with zero attached hydrogens (tertiary/aromatic N) is 2. The van der Waals surface area contributed by atoms with Crippen molar-refractivity contribution in [2.45, 2.75) is 33.1 Å². The zero-order valence-electron chi connectivity index (χ0n) is 16.0. The predicted molar refractivity (Wildman–Crippen MR) is 103 cm³/mol. The highest BCUT2D eigenvalue weighted by atomic mass is 16.2. The maximum absolute atomic E-state index is 13.0. The standard InChI is InChI=1S/C20H26N4O3/c1-14-8-4-5-9-16(14)24-19(26)17(18(25)22-20(24)27)15(2)21-10-13-23-11-6-3-7-12-23/h4-5,8-9,17H,3,6-7,10-13H2,1-2H3,(H,22,25,27)/p+1/t17-/m0/s1. The fourth-order valence-electron chi connectivity index (χ4n) is 3.77. The fraction of sp³-hybridized carbons (Fsp3) is 0.500. The monoisotopic (exact) mass is 371 g/mol. The van der Waals surface area contributed by atoms with Gasteiger partial charge in [0, 0.05) is 5.71 Å². The number of urea groups is 1. The minimum Gasteiger partial charge on any atom is -0.333 e. The van der Waals surface area contributed by atoms with Crippen molar-refractivity contribution < 1.29 is 19.3 Å². The van der Waals surface area contributed by atoms with Crippen LogP contribution in [0.5, 0.6) is 0 Å². The van der Waals surface area contributed by atoms with E-state index in [0.717, 1.165) is 30.1 Å². The smallest absolute Gasteiger partial charge is 0.333 e. The second-order valence-corrected chi connectivity index (χ2v) is 7.27. The van der Waals surface area contributed by atoms with Gasteiger partial charge in [-0.15, -0.1) is 0 Å². The lowest BCUT2D eigenvalue weighted by Gasteiger charge is -2.31. The predicted octanol–water partition coefficient (Wildman–Crippen LogP) is 0.724. The van der Waals surface area contributed by atoms with Crippen molar-refractivity contribution in [3.63, 3.8) is 0 Å². The highest BCUT2D eigenvalue weighted by molar-refractivity contribution is 6.35. The lowest BCUT2D eigenvalue weighted by Crippen LogP contribution is -3.13. The summed E-state index contributed by atoms with van der Waals surface area (Å²) in [5.74, 6) is -2.19. The van der Waals surface area contributed by atoms with Crippen molar-refractivity contribution in [2.75, 3.05) is 31.1 Å². The molecule has 1 aromatic carbocycles. The summed E-state index contributed by atoms with van der Waals surface area (Å²) >= 11 is 0. The number of piperidine rings is 1. The average Bonchev–Trinajstić information content (AvgIpc) is 2.64. The van der Waals surface area contributed by atoms with Gasteiger partial charge in [0.25, 0.3) is 5.91 Å². The molecule has 1 atom stereocenters. The number of rotatable bonds is 5. The third kappa shape index (κ3) is 4.24. The number of para-hydroxylation sites is 1. The molecule has 7 nitrogen and oxygen atoms in total. The molecule has 144 valence electrons. The molecule has 0 radical (unpaired) electrons.